The Hall–Kier alpha value is -0.320. The van der Waals surface area contributed by atoms with Crippen LogP contribution in [0.3, 0.4) is 0 Å². The zero-order valence-corrected chi connectivity index (χ0v) is 12.0. The molecule has 0 atom stereocenters. The Kier molecular flexibility index (Phi) is 3.90. The van der Waals surface area contributed by atoms with Gasteiger partial charge in [-0.1, -0.05) is 29.3 Å². The normalized spacial score (nSPS) is 20.5. The van der Waals surface area contributed by atoms with Gasteiger partial charge in [-0.15, -0.1) is 0 Å². The molecule has 0 radical (unpaired) electrons. The van der Waals surface area contributed by atoms with E-state index in [-0.39, 0.29) is 5.41 Å². The summed E-state index contributed by atoms with van der Waals surface area (Å²) in [7, 11) is 3.27. The predicted molar refractivity (Wildman–Crippen MR) is 73.2 cm³/mol. The average Bonchev–Trinajstić information content (AvgIpc) is 2.32. The maximum atomic E-state index is 6.26. The Bertz CT molecular complexity index is 418. The smallest absolute Gasteiger partial charge is 0.169 e. The van der Waals surface area contributed by atoms with E-state index in [1.54, 1.807) is 14.2 Å². The van der Waals surface area contributed by atoms with Gasteiger partial charge >= 0.3 is 0 Å². The highest BCUT2D eigenvalue weighted by atomic mass is 35.5. The Morgan fingerprint density at radius 1 is 1.17 bits per heavy atom. The number of rotatable bonds is 4. The third-order valence-electron chi connectivity index (χ3n) is 3.84. The standard InChI is InChI=1S/C13H17Cl2NO2/c1-17-13(18-2)6-12(7-13,8-16)11-9(14)4-3-5-10(11)15/h3-5H,6-8,16H2,1-2H3. The minimum absolute atomic E-state index is 0.262. The highest BCUT2D eigenvalue weighted by Gasteiger charge is 2.57. The van der Waals surface area contributed by atoms with E-state index in [0.717, 1.165) is 5.56 Å². The van der Waals surface area contributed by atoms with Gasteiger partial charge < -0.3 is 15.2 Å². The molecule has 0 aromatic heterocycles. The first-order valence-electron chi connectivity index (χ1n) is 5.77. The van der Waals surface area contributed by atoms with Crippen LogP contribution in [0.4, 0.5) is 0 Å². The third-order valence-corrected chi connectivity index (χ3v) is 4.47. The number of hydrogen-bond donors (Lipinski definition) is 1. The van der Waals surface area contributed by atoms with Gasteiger partial charge in [0.1, 0.15) is 0 Å². The topological polar surface area (TPSA) is 44.5 Å². The predicted octanol–water partition coefficient (Wildman–Crippen LogP) is 2.97. The van der Waals surface area contributed by atoms with Crippen molar-refractivity contribution in [3.8, 4) is 0 Å². The van der Waals surface area contributed by atoms with Crippen LogP contribution in [0.2, 0.25) is 10.0 Å². The van der Waals surface area contributed by atoms with Gasteiger partial charge in [0, 0.05) is 49.1 Å². The van der Waals surface area contributed by atoms with Gasteiger partial charge in [0.25, 0.3) is 0 Å². The van der Waals surface area contributed by atoms with Crippen LogP contribution < -0.4 is 5.73 Å². The SMILES string of the molecule is COC1(OC)CC(CN)(c2c(Cl)cccc2Cl)C1. The Labute approximate surface area is 117 Å². The van der Waals surface area contributed by atoms with Gasteiger partial charge in [0.05, 0.1) is 0 Å². The van der Waals surface area contributed by atoms with Crippen LogP contribution in [0.15, 0.2) is 18.2 Å². The average molecular weight is 290 g/mol. The van der Waals surface area contributed by atoms with Crippen molar-refractivity contribution in [1.82, 2.24) is 0 Å². The molecule has 1 aromatic rings. The van der Waals surface area contributed by atoms with Crippen LogP contribution in [0.25, 0.3) is 0 Å². The second-order valence-corrected chi connectivity index (χ2v) is 5.57. The van der Waals surface area contributed by atoms with Crippen molar-refractivity contribution in [3.05, 3.63) is 33.8 Å². The van der Waals surface area contributed by atoms with Gasteiger partial charge in [0.2, 0.25) is 0 Å². The molecule has 3 nitrogen and oxygen atoms in total. The first kappa shape index (κ1) is 14.1. The molecule has 1 aliphatic rings. The van der Waals surface area contributed by atoms with E-state index < -0.39 is 5.79 Å². The van der Waals surface area contributed by atoms with Crippen LogP contribution in [-0.2, 0) is 14.9 Å². The maximum absolute atomic E-state index is 6.26. The quantitative estimate of drug-likeness (QED) is 0.867. The fourth-order valence-electron chi connectivity index (χ4n) is 2.78. The fraction of sp³-hybridized carbons (Fsp3) is 0.538. The van der Waals surface area contributed by atoms with Crippen molar-refractivity contribution in [3.63, 3.8) is 0 Å². The molecular formula is C13H17Cl2NO2. The summed E-state index contributed by atoms with van der Waals surface area (Å²) >= 11 is 12.5. The number of methoxy groups -OCH3 is 2. The molecule has 0 unspecified atom stereocenters. The number of halogens is 2. The molecule has 0 saturated heterocycles. The molecular weight excluding hydrogens is 273 g/mol. The molecule has 2 rings (SSSR count). The molecule has 100 valence electrons. The Balaban J connectivity index is 2.37. The van der Waals surface area contributed by atoms with E-state index in [1.807, 2.05) is 18.2 Å². The second-order valence-electron chi connectivity index (χ2n) is 4.75. The largest absolute Gasteiger partial charge is 0.353 e. The number of hydrogen-bond acceptors (Lipinski definition) is 3. The fourth-order valence-corrected chi connectivity index (χ4v) is 3.58. The first-order chi connectivity index (χ1) is 8.52. The molecule has 0 bridgehead atoms. The van der Waals surface area contributed by atoms with Gasteiger partial charge in [-0.2, -0.15) is 0 Å². The highest BCUT2D eigenvalue weighted by molar-refractivity contribution is 6.36. The third kappa shape index (κ3) is 2.04. The van der Waals surface area contributed by atoms with Gasteiger partial charge in [-0.25, -0.2) is 0 Å². The van der Waals surface area contributed by atoms with Crippen LogP contribution in [-0.4, -0.2) is 26.6 Å². The minimum Gasteiger partial charge on any atom is -0.353 e. The zero-order chi connectivity index (χ0) is 13.4. The molecule has 1 saturated carbocycles. The zero-order valence-electron chi connectivity index (χ0n) is 10.5. The number of benzene rings is 1. The van der Waals surface area contributed by atoms with Crippen molar-refractivity contribution in [2.75, 3.05) is 20.8 Å². The highest BCUT2D eigenvalue weighted by Crippen LogP contribution is 2.54. The Morgan fingerprint density at radius 3 is 2.06 bits per heavy atom. The van der Waals surface area contributed by atoms with Gasteiger partial charge in [-0.05, 0) is 17.7 Å². The molecule has 1 aliphatic carbocycles. The molecule has 0 aliphatic heterocycles. The molecule has 0 heterocycles. The lowest BCUT2D eigenvalue weighted by atomic mass is 9.60. The van der Waals surface area contributed by atoms with Crippen molar-refractivity contribution >= 4 is 23.2 Å². The van der Waals surface area contributed by atoms with Crippen molar-refractivity contribution in [1.29, 1.82) is 0 Å². The molecule has 0 spiro atoms. The summed E-state index contributed by atoms with van der Waals surface area (Å²) in [6, 6.07) is 5.50. The van der Waals surface area contributed by atoms with Gasteiger partial charge in [0.15, 0.2) is 5.79 Å². The molecule has 0 amide bonds. The van der Waals surface area contributed by atoms with Crippen LogP contribution in [0.5, 0.6) is 0 Å². The van der Waals surface area contributed by atoms with Crippen LogP contribution in [0.1, 0.15) is 18.4 Å². The summed E-state index contributed by atoms with van der Waals surface area (Å²) < 4.78 is 10.8. The maximum Gasteiger partial charge on any atom is 0.169 e. The molecule has 18 heavy (non-hydrogen) atoms. The van der Waals surface area contributed by atoms with Crippen molar-refractivity contribution < 1.29 is 9.47 Å². The summed E-state index contributed by atoms with van der Waals surface area (Å²) in [4.78, 5) is 0. The number of ether oxygens (including phenoxy) is 2. The summed E-state index contributed by atoms with van der Waals surface area (Å²) in [5, 5.41) is 1.29. The summed E-state index contributed by atoms with van der Waals surface area (Å²) in [5.74, 6) is -0.568. The lowest BCUT2D eigenvalue weighted by Gasteiger charge is -2.54. The van der Waals surface area contributed by atoms with Gasteiger partial charge in [-0.3, -0.25) is 0 Å². The number of nitrogens with two attached hydrogens (primary N) is 1. The van der Waals surface area contributed by atoms with E-state index in [2.05, 4.69) is 0 Å². The van der Waals surface area contributed by atoms with E-state index in [4.69, 9.17) is 38.4 Å². The molecule has 5 heteroatoms. The molecule has 1 fully saturated rings. The van der Waals surface area contributed by atoms with Crippen LogP contribution in [0, 0.1) is 0 Å². The Morgan fingerprint density at radius 2 is 1.67 bits per heavy atom. The van der Waals surface area contributed by atoms with Crippen molar-refractivity contribution in [2.24, 2.45) is 5.73 Å². The van der Waals surface area contributed by atoms with E-state index in [9.17, 15) is 0 Å². The van der Waals surface area contributed by atoms with E-state index in [0.29, 0.717) is 29.4 Å². The van der Waals surface area contributed by atoms with E-state index in [1.165, 1.54) is 0 Å². The lowest BCUT2D eigenvalue weighted by molar-refractivity contribution is -0.276. The summed E-state index contributed by atoms with van der Waals surface area (Å²) in [5.41, 5.74) is 6.58. The van der Waals surface area contributed by atoms with E-state index >= 15 is 0 Å². The molecule has 1 aromatic carbocycles. The van der Waals surface area contributed by atoms with Crippen LogP contribution >= 0.6 is 23.2 Å². The van der Waals surface area contributed by atoms with Crippen molar-refractivity contribution in [2.45, 2.75) is 24.0 Å². The monoisotopic (exact) mass is 289 g/mol. The lowest BCUT2D eigenvalue weighted by Crippen LogP contribution is -2.60. The second kappa shape index (κ2) is 4.99. The summed E-state index contributed by atoms with van der Waals surface area (Å²) in [6.45, 7) is 0.463. The summed E-state index contributed by atoms with van der Waals surface area (Å²) in [6.07, 6.45) is 1.32. The minimum atomic E-state index is -0.568. The molecule has 2 N–H and O–H groups in total. The first-order valence-corrected chi connectivity index (χ1v) is 6.53.